The number of fused-ring (bicyclic) bond motifs is 1. The van der Waals surface area contributed by atoms with Gasteiger partial charge < -0.3 is 15.5 Å². The Kier molecular flexibility index (Phi) is 7.27. The Morgan fingerprint density at radius 1 is 1.23 bits per heavy atom. The maximum Gasteiger partial charge on any atom is 0.252 e. The third kappa shape index (κ3) is 5.47. The first-order valence-corrected chi connectivity index (χ1v) is 12.3. The van der Waals surface area contributed by atoms with Gasteiger partial charge in [-0.1, -0.05) is 24.6 Å². The van der Waals surface area contributed by atoms with Crippen LogP contribution in [0.4, 0.5) is 0 Å². The molecule has 0 saturated carbocycles. The molecule has 2 N–H and O–H groups in total. The number of rotatable bonds is 7. The summed E-state index contributed by atoms with van der Waals surface area (Å²) in [4.78, 5) is 27.7. The topological polar surface area (TPSA) is 61.4 Å². The molecule has 2 amide bonds. The van der Waals surface area contributed by atoms with E-state index in [9.17, 15) is 9.59 Å². The van der Waals surface area contributed by atoms with Crippen molar-refractivity contribution in [2.24, 2.45) is 0 Å². The Morgan fingerprint density at radius 2 is 2.10 bits per heavy atom. The number of amides is 2. The van der Waals surface area contributed by atoms with Gasteiger partial charge in [-0.3, -0.25) is 9.59 Å². The van der Waals surface area contributed by atoms with Crippen LogP contribution in [0.25, 0.3) is 0 Å². The van der Waals surface area contributed by atoms with E-state index in [1.54, 1.807) is 6.07 Å². The second kappa shape index (κ2) is 10.1. The van der Waals surface area contributed by atoms with E-state index in [1.165, 1.54) is 34.9 Å². The highest BCUT2D eigenvalue weighted by molar-refractivity contribution is 14.1. The first kappa shape index (κ1) is 22.3. The fourth-order valence-electron chi connectivity index (χ4n) is 4.65. The fourth-order valence-corrected chi connectivity index (χ4v) is 5.26. The Labute approximate surface area is 198 Å². The summed E-state index contributed by atoms with van der Waals surface area (Å²) in [5.74, 6) is -0.206. The molecule has 2 aromatic rings. The lowest BCUT2D eigenvalue weighted by Crippen LogP contribution is -2.39. The van der Waals surface area contributed by atoms with Gasteiger partial charge in [0.05, 0.1) is 6.04 Å². The molecule has 2 aliphatic rings. The minimum atomic E-state index is -0.108. The van der Waals surface area contributed by atoms with Crippen LogP contribution >= 0.6 is 22.6 Å². The molecule has 0 aliphatic carbocycles. The summed E-state index contributed by atoms with van der Waals surface area (Å²) in [6, 6.07) is 14.4. The zero-order valence-electron chi connectivity index (χ0n) is 18.0. The van der Waals surface area contributed by atoms with Crippen molar-refractivity contribution in [2.45, 2.75) is 51.1 Å². The van der Waals surface area contributed by atoms with Crippen LogP contribution in [-0.2, 0) is 6.42 Å². The van der Waals surface area contributed by atoms with Crippen molar-refractivity contribution in [2.75, 3.05) is 19.6 Å². The van der Waals surface area contributed by atoms with Gasteiger partial charge in [0.25, 0.3) is 11.8 Å². The fraction of sp³-hybridized carbons (Fsp3) is 0.440. The van der Waals surface area contributed by atoms with Crippen molar-refractivity contribution in [3.8, 4) is 0 Å². The molecule has 5 nitrogen and oxygen atoms in total. The number of carbonyl (C=O) groups is 2. The predicted octanol–water partition coefficient (Wildman–Crippen LogP) is 4.31. The average molecular weight is 531 g/mol. The largest absolute Gasteiger partial charge is 0.352 e. The highest BCUT2D eigenvalue weighted by Gasteiger charge is 2.29. The highest BCUT2D eigenvalue weighted by atomic mass is 127. The molecule has 0 bridgehead atoms. The lowest BCUT2D eigenvalue weighted by Gasteiger charge is -2.33. The van der Waals surface area contributed by atoms with E-state index in [1.807, 2.05) is 18.2 Å². The van der Waals surface area contributed by atoms with Crippen molar-refractivity contribution in [3.05, 3.63) is 68.3 Å². The second-order valence-corrected chi connectivity index (χ2v) is 9.90. The lowest BCUT2D eigenvalue weighted by molar-refractivity contribution is 0.0948. The number of piperidine rings is 1. The zero-order valence-corrected chi connectivity index (χ0v) is 20.2. The SMILES string of the molecule is CC1CCCCN1CCCNC(=O)c1ccc2c(c1)C(=O)NC2Cc1cccc(I)c1. The first-order valence-electron chi connectivity index (χ1n) is 11.2. The van der Waals surface area contributed by atoms with Crippen LogP contribution in [0.2, 0.25) is 0 Å². The molecule has 1 saturated heterocycles. The third-order valence-electron chi connectivity index (χ3n) is 6.42. The third-order valence-corrected chi connectivity index (χ3v) is 7.09. The molecule has 6 heteroatoms. The molecule has 0 aromatic heterocycles. The van der Waals surface area contributed by atoms with E-state index in [2.05, 4.69) is 63.2 Å². The van der Waals surface area contributed by atoms with Crippen LogP contribution in [0.15, 0.2) is 42.5 Å². The maximum atomic E-state index is 12.6. The molecule has 2 aliphatic heterocycles. The summed E-state index contributed by atoms with van der Waals surface area (Å²) in [6.45, 7) is 5.13. The van der Waals surface area contributed by atoms with Crippen LogP contribution in [0.1, 0.15) is 70.5 Å². The van der Waals surface area contributed by atoms with Crippen LogP contribution in [0.3, 0.4) is 0 Å². The van der Waals surface area contributed by atoms with Crippen molar-refractivity contribution < 1.29 is 9.59 Å². The number of carbonyl (C=O) groups excluding carboxylic acids is 2. The van der Waals surface area contributed by atoms with Gasteiger partial charge >= 0.3 is 0 Å². The van der Waals surface area contributed by atoms with Gasteiger partial charge in [-0.05, 0) is 97.1 Å². The lowest BCUT2D eigenvalue weighted by atomic mass is 9.97. The number of hydrogen-bond acceptors (Lipinski definition) is 3. The molecular formula is C25H30IN3O2. The van der Waals surface area contributed by atoms with E-state index in [0.29, 0.717) is 23.7 Å². The van der Waals surface area contributed by atoms with E-state index in [0.717, 1.165) is 24.9 Å². The molecule has 2 unspecified atom stereocenters. The quantitative estimate of drug-likeness (QED) is 0.414. The van der Waals surface area contributed by atoms with Crippen molar-refractivity contribution in [1.29, 1.82) is 0 Å². The molecule has 4 rings (SSSR count). The van der Waals surface area contributed by atoms with Gasteiger partial charge in [0.2, 0.25) is 0 Å². The number of hydrogen-bond donors (Lipinski definition) is 2. The van der Waals surface area contributed by atoms with Crippen LogP contribution in [0.5, 0.6) is 0 Å². The molecule has 0 radical (unpaired) electrons. The number of likely N-dealkylation sites (tertiary alicyclic amines) is 1. The van der Waals surface area contributed by atoms with Crippen molar-refractivity contribution in [1.82, 2.24) is 15.5 Å². The van der Waals surface area contributed by atoms with E-state index in [-0.39, 0.29) is 17.9 Å². The summed E-state index contributed by atoms with van der Waals surface area (Å²) in [6.07, 6.45) is 5.56. The van der Waals surface area contributed by atoms with Gasteiger partial charge in [-0.15, -0.1) is 0 Å². The Bertz CT molecular complexity index is 962. The molecule has 1 fully saturated rings. The smallest absolute Gasteiger partial charge is 0.252 e. The molecule has 2 aromatic carbocycles. The van der Waals surface area contributed by atoms with Crippen molar-refractivity contribution >= 4 is 34.4 Å². The second-order valence-electron chi connectivity index (χ2n) is 8.65. The summed E-state index contributed by atoms with van der Waals surface area (Å²) in [7, 11) is 0. The Hall–Kier alpha value is -1.93. The zero-order chi connectivity index (χ0) is 21.8. The average Bonchev–Trinajstić information content (AvgIpc) is 3.07. The minimum absolute atomic E-state index is 0.0515. The Balaban J connectivity index is 1.33. The van der Waals surface area contributed by atoms with Crippen molar-refractivity contribution in [3.63, 3.8) is 0 Å². The van der Waals surface area contributed by atoms with E-state index >= 15 is 0 Å². The molecule has 31 heavy (non-hydrogen) atoms. The van der Waals surface area contributed by atoms with Crippen LogP contribution in [-0.4, -0.2) is 42.4 Å². The number of benzene rings is 2. The van der Waals surface area contributed by atoms with Crippen LogP contribution < -0.4 is 10.6 Å². The van der Waals surface area contributed by atoms with E-state index < -0.39 is 0 Å². The monoisotopic (exact) mass is 531 g/mol. The summed E-state index contributed by atoms with van der Waals surface area (Å²) >= 11 is 2.30. The van der Waals surface area contributed by atoms with Gasteiger partial charge in [0.1, 0.15) is 0 Å². The molecule has 0 spiro atoms. The summed E-state index contributed by atoms with van der Waals surface area (Å²) in [5, 5.41) is 6.09. The normalized spacial score (nSPS) is 20.9. The molecular weight excluding hydrogens is 501 g/mol. The molecule has 2 atom stereocenters. The highest BCUT2D eigenvalue weighted by Crippen LogP contribution is 2.29. The first-order chi connectivity index (χ1) is 15.0. The van der Waals surface area contributed by atoms with Gasteiger partial charge in [0.15, 0.2) is 0 Å². The molecule has 164 valence electrons. The standard InChI is InChI=1S/C25H30IN3O2/c1-17-6-2-3-12-29(17)13-5-11-27-24(30)19-9-10-21-22(16-19)25(31)28-23(21)15-18-7-4-8-20(26)14-18/h4,7-10,14,16-17,23H,2-3,5-6,11-13,15H2,1H3,(H,27,30)(H,28,31). The van der Waals surface area contributed by atoms with Gasteiger partial charge in [-0.25, -0.2) is 0 Å². The predicted molar refractivity (Wildman–Crippen MR) is 131 cm³/mol. The summed E-state index contributed by atoms with van der Waals surface area (Å²) in [5.41, 5.74) is 3.33. The molecule has 2 heterocycles. The number of nitrogens with zero attached hydrogens (tertiary/aromatic N) is 1. The Morgan fingerprint density at radius 3 is 2.90 bits per heavy atom. The number of nitrogens with one attached hydrogen (secondary N) is 2. The van der Waals surface area contributed by atoms with Gasteiger partial charge in [-0.2, -0.15) is 0 Å². The maximum absolute atomic E-state index is 12.6. The summed E-state index contributed by atoms with van der Waals surface area (Å²) < 4.78 is 1.18. The van der Waals surface area contributed by atoms with Gasteiger partial charge in [0, 0.05) is 33.8 Å². The number of halogens is 1. The van der Waals surface area contributed by atoms with Crippen LogP contribution in [0, 0.1) is 3.57 Å². The van der Waals surface area contributed by atoms with E-state index in [4.69, 9.17) is 0 Å². The minimum Gasteiger partial charge on any atom is -0.352 e.